The number of aromatic amines is 1. The summed E-state index contributed by atoms with van der Waals surface area (Å²) in [6, 6.07) is 8.13. The molecule has 5 heteroatoms. The first-order valence-electron chi connectivity index (χ1n) is 8.67. The van der Waals surface area contributed by atoms with Gasteiger partial charge in [0.05, 0.1) is 12.3 Å². The van der Waals surface area contributed by atoms with Crippen molar-refractivity contribution in [3.8, 4) is 5.75 Å². The number of thioether (sulfide) groups is 1. The highest BCUT2D eigenvalue weighted by atomic mass is 32.2. The summed E-state index contributed by atoms with van der Waals surface area (Å²) in [6.45, 7) is 2.79. The molecule has 0 unspecified atom stereocenters. The van der Waals surface area contributed by atoms with Gasteiger partial charge in [-0.2, -0.15) is 0 Å². The summed E-state index contributed by atoms with van der Waals surface area (Å²) in [4.78, 5) is 19.6. The topological polar surface area (TPSA) is 55.0 Å². The zero-order valence-electron chi connectivity index (χ0n) is 14.1. The highest BCUT2D eigenvalue weighted by Crippen LogP contribution is 2.20. The molecule has 24 heavy (non-hydrogen) atoms. The number of nitrogens with zero attached hydrogens (tertiary/aromatic N) is 1. The van der Waals surface area contributed by atoms with Crippen molar-refractivity contribution in [1.82, 2.24) is 9.97 Å². The Bertz CT molecular complexity index is 725. The fourth-order valence-electron chi connectivity index (χ4n) is 2.85. The maximum absolute atomic E-state index is 12.1. The van der Waals surface area contributed by atoms with Gasteiger partial charge in [0.2, 0.25) is 0 Å². The Hall–Kier alpha value is -1.75. The lowest BCUT2D eigenvalue weighted by Crippen LogP contribution is -2.21. The van der Waals surface area contributed by atoms with E-state index in [0.29, 0.717) is 0 Å². The van der Waals surface area contributed by atoms with E-state index in [9.17, 15) is 4.79 Å². The normalized spacial score (nSPS) is 13.5. The first-order valence-corrected chi connectivity index (χ1v) is 9.65. The van der Waals surface area contributed by atoms with Crippen LogP contribution in [-0.4, -0.2) is 22.3 Å². The molecule has 0 atom stereocenters. The second kappa shape index (κ2) is 8.38. The van der Waals surface area contributed by atoms with Crippen LogP contribution in [0.15, 0.2) is 34.2 Å². The van der Waals surface area contributed by atoms with Crippen LogP contribution in [0.3, 0.4) is 0 Å². The minimum atomic E-state index is 0.0601. The van der Waals surface area contributed by atoms with Crippen LogP contribution in [0.4, 0.5) is 0 Å². The summed E-state index contributed by atoms with van der Waals surface area (Å²) in [6.07, 6.45) is 6.10. The lowest BCUT2D eigenvalue weighted by molar-refractivity contribution is 0.310. The molecular weight excluding hydrogens is 320 g/mol. The number of aryl methyl sites for hydroxylation is 2. The number of fused-ring (bicyclic) bond motifs is 1. The summed E-state index contributed by atoms with van der Waals surface area (Å²) >= 11 is 1.63. The van der Waals surface area contributed by atoms with Gasteiger partial charge in [-0.05, 0) is 57.6 Å². The maximum atomic E-state index is 12.1. The van der Waals surface area contributed by atoms with Crippen molar-refractivity contribution in [3.05, 3.63) is 51.4 Å². The van der Waals surface area contributed by atoms with Gasteiger partial charge in [-0.15, -0.1) is 0 Å². The van der Waals surface area contributed by atoms with E-state index < -0.39 is 0 Å². The molecule has 1 aromatic carbocycles. The molecule has 2 aromatic rings. The number of benzene rings is 1. The molecule has 1 N–H and O–H groups in total. The molecule has 1 aromatic heterocycles. The van der Waals surface area contributed by atoms with E-state index in [1.807, 2.05) is 12.1 Å². The molecule has 128 valence electrons. The highest BCUT2D eigenvalue weighted by molar-refractivity contribution is 7.99. The molecule has 1 aliphatic rings. The van der Waals surface area contributed by atoms with Gasteiger partial charge in [-0.1, -0.05) is 29.5 Å². The van der Waals surface area contributed by atoms with Crippen molar-refractivity contribution < 1.29 is 4.74 Å². The Kier molecular flexibility index (Phi) is 5.96. The third-order valence-corrected chi connectivity index (χ3v) is 5.20. The second-order valence-electron chi connectivity index (χ2n) is 6.22. The van der Waals surface area contributed by atoms with Crippen LogP contribution in [0.2, 0.25) is 0 Å². The van der Waals surface area contributed by atoms with Crippen LogP contribution in [0.25, 0.3) is 0 Å². The van der Waals surface area contributed by atoms with Crippen LogP contribution >= 0.6 is 11.8 Å². The standard InChI is InChI=1S/C19H24N2O2S/c1-14-8-10-15(11-9-14)23-12-4-5-13-24-19-20-17-7-3-2-6-16(17)18(22)21-19/h8-11H,2-7,12-13H2,1H3,(H,20,21,22). The quantitative estimate of drug-likeness (QED) is 0.470. The van der Waals surface area contributed by atoms with Gasteiger partial charge in [-0.25, -0.2) is 4.98 Å². The van der Waals surface area contributed by atoms with Gasteiger partial charge in [-0.3, -0.25) is 4.79 Å². The molecule has 0 aliphatic heterocycles. The number of nitrogens with one attached hydrogen (secondary N) is 1. The van der Waals surface area contributed by atoms with Crippen LogP contribution in [0.1, 0.15) is 42.5 Å². The summed E-state index contributed by atoms with van der Waals surface area (Å²) in [7, 11) is 0. The van der Waals surface area contributed by atoms with E-state index in [2.05, 4.69) is 29.0 Å². The van der Waals surface area contributed by atoms with Gasteiger partial charge < -0.3 is 9.72 Å². The second-order valence-corrected chi connectivity index (χ2v) is 7.30. The maximum Gasteiger partial charge on any atom is 0.254 e. The van der Waals surface area contributed by atoms with E-state index >= 15 is 0 Å². The average molecular weight is 344 g/mol. The summed E-state index contributed by atoms with van der Waals surface area (Å²) < 4.78 is 5.72. The zero-order valence-corrected chi connectivity index (χ0v) is 15.0. The van der Waals surface area contributed by atoms with Crippen LogP contribution in [-0.2, 0) is 12.8 Å². The van der Waals surface area contributed by atoms with E-state index in [1.54, 1.807) is 11.8 Å². The molecule has 0 amide bonds. The Labute approximate surface area is 147 Å². The van der Waals surface area contributed by atoms with E-state index in [4.69, 9.17) is 4.74 Å². The molecular formula is C19H24N2O2S. The SMILES string of the molecule is Cc1ccc(OCCCCSc2nc3c(c(=O)[nH]2)CCCC3)cc1. The van der Waals surface area contributed by atoms with Crippen LogP contribution in [0, 0.1) is 6.92 Å². The van der Waals surface area contributed by atoms with Crippen molar-refractivity contribution in [1.29, 1.82) is 0 Å². The number of H-pyrrole nitrogens is 1. The van der Waals surface area contributed by atoms with Crippen molar-refractivity contribution >= 4 is 11.8 Å². The third kappa shape index (κ3) is 4.63. The summed E-state index contributed by atoms with van der Waals surface area (Å²) in [5.41, 5.74) is 3.21. The minimum Gasteiger partial charge on any atom is -0.494 e. The molecule has 0 radical (unpaired) electrons. The largest absolute Gasteiger partial charge is 0.494 e. The minimum absolute atomic E-state index is 0.0601. The number of rotatable bonds is 7. The smallest absolute Gasteiger partial charge is 0.254 e. The summed E-state index contributed by atoms with van der Waals surface area (Å²) in [5, 5.41) is 0.764. The molecule has 0 saturated carbocycles. The average Bonchev–Trinajstić information content (AvgIpc) is 2.60. The van der Waals surface area contributed by atoms with Crippen LogP contribution < -0.4 is 10.3 Å². The zero-order chi connectivity index (χ0) is 16.8. The van der Waals surface area contributed by atoms with Gasteiger partial charge in [0, 0.05) is 11.3 Å². The number of ether oxygens (including phenoxy) is 1. The third-order valence-electron chi connectivity index (χ3n) is 4.24. The van der Waals surface area contributed by atoms with Gasteiger partial charge >= 0.3 is 0 Å². The Morgan fingerprint density at radius 1 is 1.17 bits per heavy atom. The molecule has 3 rings (SSSR count). The Morgan fingerprint density at radius 2 is 1.96 bits per heavy atom. The van der Waals surface area contributed by atoms with Crippen molar-refractivity contribution in [2.45, 2.75) is 50.6 Å². The molecule has 4 nitrogen and oxygen atoms in total. The lowest BCUT2D eigenvalue weighted by atomic mass is 9.97. The predicted octanol–water partition coefficient (Wildman–Crippen LogP) is 3.91. The number of hydrogen-bond donors (Lipinski definition) is 1. The van der Waals surface area contributed by atoms with Crippen molar-refractivity contribution in [3.63, 3.8) is 0 Å². The predicted molar refractivity (Wildman–Crippen MR) is 98.1 cm³/mol. The Morgan fingerprint density at radius 3 is 2.79 bits per heavy atom. The molecule has 0 spiro atoms. The van der Waals surface area contributed by atoms with Gasteiger partial charge in [0.25, 0.3) is 5.56 Å². The monoisotopic (exact) mass is 344 g/mol. The molecule has 1 aliphatic carbocycles. The van der Waals surface area contributed by atoms with Crippen LogP contribution in [0.5, 0.6) is 5.75 Å². The fourth-order valence-corrected chi connectivity index (χ4v) is 3.73. The Balaban J connectivity index is 1.40. The highest BCUT2D eigenvalue weighted by Gasteiger charge is 2.15. The van der Waals surface area contributed by atoms with Crippen molar-refractivity contribution in [2.24, 2.45) is 0 Å². The molecule has 1 heterocycles. The first-order chi connectivity index (χ1) is 11.7. The molecule has 0 fully saturated rings. The summed E-state index contributed by atoms with van der Waals surface area (Å²) in [5.74, 6) is 1.87. The molecule has 0 saturated heterocycles. The van der Waals surface area contributed by atoms with E-state index in [-0.39, 0.29) is 5.56 Å². The number of hydrogen-bond acceptors (Lipinski definition) is 4. The number of aromatic nitrogens is 2. The van der Waals surface area contributed by atoms with E-state index in [0.717, 1.165) is 73.0 Å². The lowest BCUT2D eigenvalue weighted by Gasteiger charge is -2.14. The first kappa shape index (κ1) is 17.1. The van der Waals surface area contributed by atoms with Gasteiger partial charge in [0.15, 0.2) is 5.16 Å². The van der Waals surface area contributed by atoms with E-state index in [1.165, 1.54) is 5.56 Å². The number of unbranched alkanes of at least 4 members (excludes halogenated alkanes) is 1. The van der Waals surface area contributed by atoms with Crippen molar-refractivity contribution in [2.75, 3.05) is 12.4 Å². The molecule has 0 bridgehead atoms. The van der Waals surface area contributed by atoms with Gasteiger partial charge in [0.1, 0.15) is 5.75 Å². The fraction of sp³-hybridized carbons (Fsp3) is 0.474.